The van der Waals surface area contributed by atoms with Gasteiger partial charge in [-0.05, 0) is 52.4 Å². The Morgan fingerprint density at radius 2 is 1.86 bits per heavy atom. The van der Waals surface area contributed by atoms with Crippen molar-refractivity contribution in [2.75, 3.05) is 26.6 Å². The first-order chi connectivity index (χ1) is 14.1. The normalized spacial score (nSPS) is 12.0. The summed E-state index contributed by atoms with van der Waals surface area (Å²) in [6.45, 7) is 0.536. The molecule has 154 valence electrons. The number of nitrogens with zero attached hydrogens (tertiary/aromatic N) is 4. The molecule has 0 radical (unpaired) electrons. The first kappa shape index (κ1) is 21.4. The molecule has 8 nitrogen and oxygen atoms in total. The van der Waals surface area contributed by atoms with Gasteiger partial charge in [-0.25, -0.2) is 0 Å². The SMILES string of the molecule is COc1ccc(COCC(O)CSc2nnnn2-c2ccc(Cl)cc2)cc1OC. The number of hydrogen-bond acceptors (Lipinski definition) is 8. The lowest BCUT2D eigenvalue weighted by molar-refractivity contribution is 0.0397. The topological polar surface area (TPSA) is 91.5 Å². The van der Waals surface area contributed by atoms with Gasteiger partial charge in [0.15, 0.2) is 11.5 Å². The second kappa shape index (κ2) is 10.4. The zero-order chi connectivity index (χ0) is 20.6. The fourth-order valence-corrected chi connectivity index (χ4v) is 3.44. The number of aromatic nitrogens is 4. The minimum Gasteiger partial charge on any atom is -0.493 e. The Balaban J connectivity index is 1.48. The second-order valence-electron chi connectivity index (χ2n) is 6.02. The largest absolute Gasteiger partial charge is 0.493 e. The molecule has 1 unspecified atom stereocenters. The fraction of sp³-hybridized carbons (Fsp3) is 0.316. The summed E-state index contributed by atoms with van der Waals surface area (Å²) in [5.41, 5.74) is 1.72. The molecule has 0 aliphatic carbocycles. The van der Waals surface area contributed by atoms with Crippen molar-refractivity contribution in [3.63, 3.8) is 0 Å². The van der Waals surface area contributed by atoms with E-state index in [1.165, 1.54) is 11.8 Å². The summed E-state index contributed by atoms with van der Waals surface area (Å²) in [6, 6.07) is 12.7. The van der Waals surface area contributed by atoms with E-state index in [1.54, 1.807) is 31.0 Å². The van der Waals surface area contributed by atoms with Crippen LogP contribution in [0.3, 0.4) is 0 Å². The van der Waals surface area contributed by atoms with Crippen molar-refractivity contribution in [2.24, 2.45) is 0 Å². The molecule has 1 heterocycles. The zero-order valence-corrected chi connectivity index (χ0v) is 17.6. The summed E-state index contributed by atoms with van der Waals surface area (Å²) in [5, 5.41) is 23.1. The van der Waals surface area contributed by atoms with Gasteiger partial charge in [-0.2, -0.15) is 4.68 Å². The maximum Gasteiger partial charge on any atom is 0.214 e. The van der Waals surface area contributed by atoms with E-state index in [-0.39, 0.29) is 6.61 Å². The number of aliphatic hydroxyl groups excluding tert-OH is 1. The molecular weight excluding hydrogens is 416 g/mol. The van der Waals surface area contributed by atoms with Gasteiger partial charge in [0.25, 0.3) is 0 Å². The van der Waals surface area contributed by atoms with Crippen LogP contribution >= 0.6 is 23.4 Å². The number of tetrazole rings is 1. The predicted molar refractivity (Wildman–Crippen MR) is 110 cm³/mol. The minimum atomic E-state index is -0.671. The van der Waals surface area contributed by atoms with Gasteiger partial charge >= 0.3 is 0 Å². The van der Waals surface area contributed by atoms with Crippen molar-refractivity contribution in [1.82, 2.24) is 20.2 Å². The molecule has 0 bridgehead atoms. The van der Waals surface area contributed by atoms with E-state index >= 15 is 0 Å². The van der Waals surface area contributed by atoms with Crippen LogP contribution in [0.5, 0.6) is 11.5 Å². The molecule has 0 amide bonds. The van der Waals surface area contributed by atoms with Crippen LogP contribution in [0.15, 0.2) is 47.6 Å². The third-order valence-electron chi connectivity index (χ3n) is 3.94. The Morgan fingerprint density at radius 1 is 1.10 bits per heavy atom. The van der Waals surface area contributed by atoms with E-state index in [0.29, 0.717) is 34.0 Å². The first-order valence-electron chi connectivity index (χ1n) is 8.74. The molecule has 2 aromatic carbocycles. The van der Waals surface area contributed by atoms with Crippen molar-refractivity contribution >= 4 is 23.4 Å². The molecule has 3 rings (SSSR count). The number of methoxy groups -OCH3 is 2. The second-order valence-corrected chi connectivity index (χ2v) is 7.44. The Hall–Kier alpha value is -2.33. The summed E-state index contributed by atoms with van der Waals surface area (Å²) in [6.07, 6.45) is -0.671. The molecular formula is C19H21ClN4O4S. The summed E-state index contributed by atoms with van der Waals surface area (Å²) in [4.78, 5) is 0. The van der Waals surface area contributed by atoms with Gasteiger partial charge in [0.1, 0.15) is 0 Å². The number of benzene rings is 2. The number of thioether (sulfide) groups is 1. The molecule has 0 aliphatic heterocycles. The standard InChI is InChI=1S/C19H21ClN4O4S/c1-26-17-8-3-13(9-18(17)27-2)10-28-11-16(25)12-29-19-21-22-23-24(19)15-6-4-14(20)5-7-15/h3-9,16,25H,10-12H2,1-2H3. The Kier molecular flexibility index (Phi) is 7.70. The minimum absolute atomic E-state index is 0.184. The quantitative estimate of drug-likeness (QED) is 0.485. The van der Waals surface area contributed by atoms with Crippen LogP contribution in [-0.2, 0) is 11.3 Å². The monoisotopic (exact) mass is 436 g/mol. The van der Waals surface area contributed by atoms with Gasteiger partial charge in [-0.15, -0.1) is 5.10 Å². The van der Waals surface area contributed by atoms with Crippen molar-refractivity contribution < 1.29 is 19.3 Å². The van der Waals surface area contributed by atoms with Crippen LogP contribution in [-0.4, -0.2) is 58.0 Å². The van der Waals surface area contributed by atoms with Crippen molar-refractivity contribution in [3.05, 3.63) is 53.1 Å². The summed E-state index contributed by atoms with van der Waals surface area (Å²) in [5.74, 6) is 1.68. The van der Waals surface area contributed by atoms with Gasteiger partial charge in [-0.1, -0.05) is 29.4 Å². The van der Waals surface area contributed by atoms with Crippen LogP contribution in [0.4, 0.5) is 0 Å². The van der Waals surface area contributed by atoms with E-state index in [4.69, 9.17) is 25.8 Å². The van der Waals surface area contributed by atoms with E-state index in [1.807, 2.05) is 30.3 Å². The molecule has 0 saturated heterocycles. The van der Waals surface area contributed by atoms with Crippen molar-refractivity contribution in [1.29, 1.82) is 0 Å². The molecule has 0 fully saturated rings. The third-order valence-corrected chi connectivity index (χ3v) is 5.26. The van der Waals surface area contributed by atoms with E-state index in [0.717, 1.165) is 11.3 Å². The lowest BCUT2D eigenvalue weighted by Gasteiger charge is -2.12. The Bertz CT molecular complexity index is 923. The average molecular weight is 437 g/mol. The number of ether oxygens (including phenoxy) is 3. The van der Waals surface area contributed by atoms with Gasteiger partial charge < -0.3 is 19.3 Å². The first-order valence-corrected chi connectivity index (χ1v) is 10.1. The van der Waals surface area contributed by atoms with E-state index in [2.05, 4.69) is 15.5 Å². The maximum absolute atomic E-state index is 10.2. The van der Waals surface area contributed by atoms with E-state index in [9.17, 15) is 5.11 Å². The van der Waals surface area contributed by atoms with Gasteiger partial charge in [-0.3, -0.25) is 0 Å². The van der Waals surface area contributed by atoms with Crippen LogP contribution in [0.2, 0.25) is 5.02 Å². The molecule has 10 heteroatoms. The highest BCUT2D eigenvalue weighted by Crippen LogP contribution is 2.28. The molecule has 0 aliphatic rings. The van der Waals surface area contributed by atoms with Crippen LogP contribution in [0.25, 0.3) is 5.69 Å². The summed E-state index contributed by atoms with van der Waals surface area (Å²) in [7, 11) is 3.17. The van der Waals surface area contributed by atoms with Crippen molar-refractivity contribution in [2.45, 2.75) is 17.9 Å². The molecule has 0 spiro atoms. The Morgan fingerprint density at radius 3 is 2.59 bits per heavy atom. The zero-order valence-electron chi connectivity index (χ0n) is 16.0. The fourth-order valence-electron chi connectivity index (χ4n) is 2.52. The van der Waals surface area contributed by atoms with Crippen LogP contribution in [0, 0.1) is 0 Å². The molecule has 3 aromatic rings. The lowest BCUT2D eigenvalue weighted by Crippen LogP contribution is -2.18. The molecule has 1 N–H and O–H groups in total. The number of rotatable bonds is 10. The Labute approximate surface area is 177 Å². The summed E-state index contributed by atoms with van der Waals surface area (Å²) < 4.78 is 17.7. The highest BCUT2D eigenvalue weighted by molar-refractivity contribution is 7.99. The van der Waals surface area contributed by atoms with Gasteiger partial charge in [0, 0.05) is 10.8 Å². The van der Waals surface area contributed by atoms with Gasteiger partial charge in [0.05, 0.1) is 39.2 Å². The lowest BCUT2D eigenvalue weighted by atomic mass is 10.2. The molecule has 1 aromatic heterocycles. The highest BCUT2D eigenvalue weighted by atomic mass is 35.5. The maximum atomic E-state index is 10.2. The third kappa shape index (κ3) is 5.83. The number of aliphatic hydroxyl groups is 1. The number of hydrogen-bond donors (Lipinski definition) is 1. The predicted octanol–water partition coefficient (Wildman–Crippen LogP) is 3.00. The molecule has 29 heavy (non-hydrogen) atoms. The smallest absolute Gasteiger partial charge is 0.214 e. The van der Waals surface area contributed by atoms with Gasteiger partial charge in [0.2, 0.25) is 5.16 Å². The van der Waals surface area contributed by atoms with Crippen LogP contribution in [0.1, 0.15) is 5.56 Å². The number of halogens is 1. The van der Waals surface area contributed by atoms with Crippen molar-refractivity contribution in [3.8, 4) is 17.2 Å². The van der Waals surface area contributed by atoms with E-state index < -0.39 is 6.10 Å². The van der Waals surface area contributed by atoms with Crippen LogP contribution < -0.4 is 9.47 Å². The molecule has 1 atom stereocenters. The average Bonchev–Trinajstić information content (AvgIpc) is 3.21. The summed E-state index contributed by atoms with van der Waals surface area (Å²) >= 11 is 7.26. The highest BCUT2D eigenvalue weighted by Gasteiger charge is 2.13. The molecule has 0 saturated carbocycles.